The summed E-state index contributed by atoms with van der Waals surface area (Å²) in [5.74, 6) is 1.57. The number of rotatable bonds is 4. The van der Waals surface area contributed by atoms with E-state index in [2.05, 4.69) is 17.6 Å². The van der Waals surface area contributed by atoms with Crippen LogP contribution < -0.4 is 9.47 Å². The highest BCUT2D eigenvalue weighted by atomic mass is 16.5. The maximum absolute atomic E-state index is 8.79. The average molecular weight is 258 g/mol. The van der Waals surface area contributed by atoms with E-state index >= 15 is 0 Å². The predicted octanol–water partition coefficient (Wildman–Crippen LogP) is 2.96. The average Bonchev–Trinajstić information content (AvgIpc) is 2.68. The minimum atomic E-state index is 0.513. The number of nitriles is 1. The van der Waals surface area contributed by atoms with Gasteiger partial charge in [-0.05, 0) is 25.0 Å². The summed E-state index contributed by atoms with van der Waals surface area (Å²) in [5, 5.41) is 9.90. The van der Waals surface area contributed by atoms with E-state index in [0.717, 1.165) is 34.5 Å². The fourth-order valence-electron chi connectivity index (χ4n) is 2.49. The molecule has 0 saturated carbocycles. The van der Waals surface area contributed by atoms with Crippen LogP contribution in [0.1, 0.15) is 17.7 Å². The van der Waals surface area contributed by atoms with Gasteiger partial charge in [-0.15, -0.1) is 0 Å². The number of nitrogens with zero attached hydrogens (tertiary/aromatic N) is 2. The molecule has 0 aliphatic rings. The summed E-state index contributed by atoms with van der Waals surface area (Å²) in [6.45, 7) is 2.07. The van der Waals surface area contributed by atoms with Crippen molar-refractivity contribution in [2.24, 2.45) is 7.05 Å². The number of fused-ring (bicyclic) bond motifs is 1. The van der Waals surface area contributed by atoms with Crippen LogP contribution in [0.4, 0.5) is 0 Å². The SMILES string of the molecule is COc1cc(OC)c2c(c1)c(CCC#N)c(C)n2C. The Morgan fingerprint density at radius 2 is 2.00 bits per heavy atom. The molecule has 2 aromatic rings. The third-order valence-electron chi connectivity index (χ3n) is 3.59. The van der Waals surface area contributed by atoms with E-state index in [0.29, 0.717) is 6.42 Å². The molecule has 0 bridgehead atoms. The van der Waals surface area contributed by atoms with Gasteiger partial charge in [0.25, 0.3) is 0 Å². The molecular weight excluding hydrogens is 240 g/mol. The molecular formula is C15H18N2O2. The van der Waals surface area contributed by atoms with E-state index in [1.165, 1.54) is 5.56 Å². The Morgan fingerprint density at radius 3 is 2.58 bits per heavy atom. The van der Waals surface area contributed by atoms with Crippen molar-refractivity contribution in [3.05, 3.63) is 23.4 Å². The highest BCUT2D eigenvalue weighted by Gasteiger charge is 2.16. The number of hydrogen-bond donors (Lipinski definition) is 0. The molecule has 1 aromatic carbocycles. The first-order chi connectivity index (χ1) is 9.13. The van der Waals surface area contributed by atoms with E-state index in [1.54, 1.807) is 14.2 Å². The van der Waals surface area contributed by atoms with Crippen LogP contribution in [0.15, 0.2) is 12.1 Å². The molecule has 0 amide bonds. The Labute approximate surface area is 113 Å². The molecule has 1 heterocycles. The van der Waals surface area contributed by atoms with Crippen LogP contribution in [0, 0.1) is 18.3 Å². The van der Waals surface area contributed by atoms with Crippen molar-refractivity contribution in [2.75, 3.05) is 14.2 Å². The normalized spacial score (nSPS) is 10.5. The fraction of sp³-hybridized carbons (Fsp3) is 0.400. The molecule has 0 aliphatic heterocycles. The van der Waals surface area contributed by atoms with Gasteiger partial charge < -0.3 is 14.0 Å². The van der Waals surface area contributed by atoms with Gasteiger partial charge in [-0.2, -0.15) is 5.26 Å². The number of methoxy groups -OCH3 is 2. The summed E-state index contributed by atoms with van der Waals surface area (Å²) in [5.41, 5.74) is 3.40. The van der Waals surface area contributed by atoms with Crippen molar-refractivity contribution in [3.63, 3.8) is 0 Å². The lowest BCUT2D eigenvalue weighted by Gasteiger charge is -2.08. The van der Waals surface area contributed by atoms with Crippen LogP contribution in [-0.2, 0) is 13.5 Å². The number of hydrogen-bond acceptors (Lipinski definition) is 3. The zero-order valence-electron chi connectivity index (χ0n) is 11.8. The second-order valence-corrected chi connectivity index (χ2v) is 4.51. The lowest BCUT2D eigenvalue weighted by molar-refractivity contribution is 0.397. The lowest BCUT2D eigenvalue weighted by atomic mass is 10.1. The van der Waals surface area contributed by atoms with Crippen molar-refractivity contribution in [1.29, 1.82) is 5.26 Å². The molecule has 4 heteroatoms. The van der Waals surface area contributed by atoms with Gasteiger partial charge in [0.2, 0.25) is 0 Å². The van der Waals surface area contributed by atoms with Gasteiger partial charge in [-0.3, -0.25) is 0 Å². The van der Waals surface area contributed by atoms with Crippen molar-refractivity contribution in [1.82, 2.24) is 4.57 Å². The Balaban J connectivity index is 2.75. The molecule has 0 aliphatic carbocycles. The first-order valence-electron chi connectivity index (χ1n) is 6.20. The maximum Gasteiger partial charge on any atom is 0.146 e. The maximum atomic E-state index is 8.79. The van der Waals surface area contributed by atoms with Gasteiger partial charge in [0.1, 0.15) is 11.5 Å². The Hall–Kier alpha value is -2.15. The summed E-state index contributed by atoms with van der Waals surface area (Å²) in [4.78, 5) is 0. The van der Waals surface area contributed by atoms with Crippen LogP contribution in [0.25, 0.3) is 10.9 Å². The first-order valence-corrected chi connectivity index (χ1v) is 6.20. The molecule has 0 N–H and O–H groups in total. The molecule has 0 saturated heterocycles. The van der Waals surface area contributed by atoms with Gasteiger partial charge in [0.05, 0.1) is 25.8 Å². The minimum absolute atomic E-state index is 0.513. The molecule has 2 rings (SSSR count). The van der Waals surface area contributed by atoms with Gasteiger partial charge in [-0.1, -0.05) is 0 Å². The monoisotopic (exact) mass is 258 g/mol. The highest BCUT2D eigenvalue weighted by molar-refractivity contribution is 5.92. The van der Waals surface area contributed by atoms with Gasteiger partial charge in [-0.25, -0.2) is 0 Å². The van der Waals surface area contributed by atoms with Crippen LogP contribution in [0.3, 0.4) is 0 Å². The van der Waals surface area contributed by atoms with Crippen LogP contribution in [-0.4, -0.2) is 18.8 Å². The zero-order chi connectivity index (χ0) is 14.0. The predicted molar refractivity (Wildman–Crippen MR) is 74.7 cm³/mol. The molecule has 1 aromatic heterocycles. The number of aromatic nitrogens is 1. The second kappa shape index (κ2) is 5.23. The van der Waals surface area contributed by atoms with Gasteiger partial charge in [0.15, 0.2) is 0 Å². The molecule has 0 unspecified atom stereocenters. The molecule has 19 heavy (non-hydrogen) atoms. The summed E-state index contributed by atoms with van der Waals surface area (Å²) in [7, 11) is 5.32. The molecule has 100 valence electrons. The largest absolute Gasteiger partial charge is 0.497 e. The third-order valence-corrected chi connectivity index (χ3v) is 3.59. The molecule has 0 radical (unpaired) electrons. The highest BCUT2D eigenvalue weighted by Crippen LogP contribution is 2.36. The lowest BCUT2D eigenvalue weighted by Crippen LogP contribution is -1.94. The van der Waals surface area contributed by atoms with Crippen LogP contribution in [0.5, 0.6) is 11.5 Å². The molecule has 0 fully saturated rings. The Bertz CT molecular complexity index is 650. The Morgan fingerprint density at radius 1 is 1.26 bits per heavy atom. The summed E-state index contributed by atoms with van der Waals surface area (Å²) in [6.07, 6.45) is 1.26. The van der Waals surface area contributed by atoms with E-state index in [9.17, 15) is 0 Å². The standard InChI is InChI=1S/C15H18N2O2/c1-10-12(6-5-7-16)13-8-11(18-3)9-14(19-4)15(13)17(10)2/h8-9H,5-6H2,1-4H3. The third kappa shape index (κ3) is 2.12. The van der Waals surface area contributed by atoms with Gasteiger partial charge >= 0.3 is 0 Å². The van der Waals surface area contributed by atoms with E-state index < -0.39 is 0 Å². The van der Waals surface area contributed by atoms with Crippen molar-refractivity contribution < 1.29 is 9.47 Å². The quantitative estimate of drug-likeness (QED) is 0.847. The van der Waals surface area contributed by atoms with Crippen molar-refractivity contribution >= 4 is 10.9 Å². The van der Waals surface area contributed by atoms with E-state index in [-0.39, 0.29) is 0 Å². The molecule has 0 atom stereocenters. The molecule has 0 spiro atoms. The number of aryl methyl sites for hydroxylation is 2. The summed E-state index contributed by atoms with van der Waals surface area (Å²) < 4.78 is 12.9. The van der Waals surface area contributed by atoms with Crippen LogP contribution >= 0.6 is 0 Å². The fourth-order valence-corrected chi connectivity index (χ4v) is 2.49. The first kappa shape index (κ1) is 13.3. The Kier molecular flexibility index (Phi) is 3.66. The van der Waals surface area contributed by atoms with Gasteiger partial charge in [0, 0.05) is 30.6 Å². The topological polar surface area (TPSA) is 47.2 Å². The number of ether oxygens (including phenoxy) is 2. The van der Waals surface area contributed by atoms with Crippen LogP contribution in [0.2, 0.25) is 0 Å². The number of benzene rings is 1. The second-order valence-electron chi connectivity index (χ2n) is 4.51. The molecule has 4 nitrogen and oxygen atoms in total. The summed E-state index contributed by atoms with van der Waals surface area (Å²) in [6, 6.07) is 6.10. The van der Waals surface area contributed by atoms with E-state index in [1.807, 2.05) is 19.2 Å². The summed E-state index contributed by atoms with van der Waals surface area (Å²) >= 11 is 0. The van der Waals surface area contributed by atoms with Crippen molar-refractivity contribution in [3.8, 4) is 17.6 Å². The van der Waals surface area contributed by atoms with E-state index in [4.69, 9.17) is 14.7 Å². The van der Waals surface area contributed by atoms with Crippen molar-refractivity contribution in [2.45, 2.75) is 19.8 Å². The smallest absolute Gasteiger partial charge is 0.146 e. The minimum Gasteiger partial charge on any atom is -0.497 e. The zero-order valence-corrected chi connectivity index (χ0v) is 11.8.